The maximum Gasteiger partial charge on any atom is 0.103 e. The largest absolute Gasteiger partial charge is 0.268 e. The number of halogens is 1. The second-order valence-electron chi connectivity index (χ2n) is 2.95. The Hall–Kier alpha value is -0.800. The van der Waals surface area contributed by atoms with Crippen LogP contribution in [0.25, 0.3) is 10.6 Å². The van der Waals surface area contributed by atoms with E-state index < -0.39 is 0 Å². The highest BCUT2D eigenvalue weighted by Gasteiger charge is 2.07. The van der Waals surface area contributed by atoms with Crippen LogP contribution < -0.4 is 0 Å². The molecule has 14 heavy (non-hydrogen) atoms. The second-order valence-corrected chi connectivity index (χ2v) is 4.16. The Bertz CT molecular complexity index is 384. The number of hydrogen-bond acceptors (Lipinski definition) is 2. The van der Waals surface area contributed by atoms with Crippen molar-refractivity contribution in [3.8, 4) is 10.6 Å². The van der Waals surface area contributed by atoms with Crippen LogP contribution in [0, 0.1) is 0 Å². The Morgan fingerprint density at radius 3 is 2.93 bits per heavy atom. The van der Waals surface area contributed by atoms with Crippen molar-refractivity contribution in [1.29, 1.82) is 0 Å². The zero-order valence-corrected chi connectivity index (χ0v) is 9.48. The molecule has 2 rings (SSSR count). The summed E-state index contributed by atoms with van der Waals surface area (Å²) in [5.74, 6) is 0.520. The van der Waals surface area contributed by atoms with Crippen molar-refractivity contribution >= 4 is 22.9 Å². The zero-order chi connectivity index (χ0) is 9.97. The molecule has 0 saturated carbocycles. The van der Waals surface area contributed by atoms with Crippen LogP contribution in [0.5, 0.6) is 0 Å². The molecular weight excluding hydrogens is 216 g/mol. The van der Waals surface area contributed by atoms with Gasteiger partial charge in [0.25, 0.3) is 0 Å². The average Bonchev–Trinajstić information content (AvgIpc) is 2.85. The molecule has 0 amide bonds. The molecule has 2 aromatic heterocycles. The van der Waals surface area contributed by atoms with Gasteiger partial charge in [-0.2, -0.15) is 5.10 Å². The molecule has 0 aliphatic heterocycles. The van der Waals surface area contributed by atoms with Crippen molar-refractivity contribution in [2.24, 2.45) is 0 Å². The lowest BCUT2D eigenvalue weighted by Crippen LogP contribution is -2.00. The fourth-order valence-electron chi connectivity index (χ4n) is 1.38. The van der Waals surface area contributed by atoms with Crippen LogP contribution in [0.4, 0.5) is 0 Å². The first kappa shape index (κ1) is 9.74. The SMILES string of the molecule is CCn1nc(-c2cccs2)cc1CCl. The number of nitrogens with zero attached hydrogens (tertiary/aromatic N) is 2. The highest BCUT2D eigenvalue weighted by Crippen LogP contribution is 2.24. The number of hydrogen-bond donors (Lipinski definition) is 0. The van der Waals surface area contributed by atoms with Gasteiger partial charge >= 0.3 is 0 Å². The Balaban J connectivity index is 2.41. The predicted molar refractivity (Wildman–Crippen MR) is 60.8 cm³/mol. The molecule has 0 bridgehead atoms. The van der Waals surface area contributed by atoms with Crippen LogP contribution in [0.3, 0.4) is 0 Å². The molecule has 2 nitrogen and oxygen atoms in total. The van der Waals surface area contributed by atoms with Gasteiger partial charge in [0, 0.05) is 6.54 Å². The topological polar surface area (TPSA) is 17.8 Å². The monoisotopic (exact) mass is 226 g/mol. The molecule has 2 aromatic rings. The van der Waals surface area contributed by atoms with Gasteiger partial charge in [-0.15, -0.1) is 22.9 Å². The van der Waals surface area contributed by atoms with Crippen molar-refractivity contribution in [1.82, 2.24) is 9.78 Å². The summed E-state index contributed by atoms with van der Waals surface area (Å²) in [5.41, 5.74) is 2.11. The number of thiophene rings is 1. The van der Waals surface area contributed by atoms with Gasteiger partial charge in [0.05, 0.1) is 16.5 Å². The van der Waals surface area contributed by atoms with E-state index in [1.807, 2.05) is 10.7 Å². The highest BCUT2D eigenvalue weighted by atomic mass is 35.5. The number of rotatable bonds is 3. The zero-order valence-electron chi connectivity index (χ0n) is 7.90. The first-order chi connectivity index (χ1) is 6.85. The van der Waals surface area contributed by atoms with E-state index in [0.717, 1.165) is 17.9 Å². The average molecular weight is 227 g/mol. The minimum Gasteiger partial charge on any atom is -0.268 e. The molecule has 0 aromatic carbocycles. The molecule has 2 heterocycles. The van der Waals surface area contributed by atoms with E-state index in [1.54, 1.807) is 11.3 Å². The lowest BCUT2D eigenvalue weighted by molar-refractivity contribution is 0.638. The normalized spacial score (nSPS) is 10.7. The first-order valence-electron chi connectivity index (χ1n) is 4.51. The van der Waals surface area contributed by atoms with Crippen molar-refractivity contribution in [2.75, 3.05) is 0 Å². The fraction of sp³-hybridized carbons (Fsp3) is 0.300. The van der Waals surface area contributed by atoms with Crippen LogP contribution >= 0.6 is 22.9 Å². The quantitative estimate of drug-likeness (QED) is 0.734. The van der Waals surface area contributed by atoms with E-state index in [2.05, 4.69) is 29.5 Å². The van der Waals surface area contributed by atoms with Gasteiger partial charge < -0.3 is 0 Å². The third kappa shape index (κ3) is 1.70. The van der Waals surface area contributed by atoms with E-state index in [9.17, 15) is 0 Å². The summed E-state index contributed by atoms with van der Waals surface area (Å²) >= 11 is 7.53. The molecule has 74 valence electrons. The molecule has 0 aliphatic carbocycles. The van der Waals surface area contributed by atoms with Gasteiger partial charge in [0.2, 0.25) is 0 Å². The third-order valence-electron chi connectivity index (χ3n) is 2.07. The lowest BCUT2D eigenvalue weighted by atomic mass is 10.3. The first-order valence-corrected chi connectivity index (χ1v) is 5.93. The minimum atomic E-state index is 0.520. The van der Waals surface area contributed by atoms with Crippen LogP contribution in [-0.2, 0) is 12.4 Å². The lowest BCUT2D eigenvalue weighted by Gasteiger charge is -1.98. The van der Waals surface area contributed by atoms with Gasteiger partial charge in [0.15, 0.2) is 0 Å². The highest BCUT2D eigenvalue weighted by molar-refractivity contribution is 7.13. The molecule has 0 spiro atoms. The maximum atomic E-state index is 5.83. The molecule has 0 saturated heterocycles. The molecule has 4 heteroatoms. The van der Waals surface area contributed by atoms with Gasteiger partial charge in [-0.25, -0.2) is 0 Å². The molecule has 0 unspecified atom stereocenters. The van der Waals surface area contributed by atoms with Gasteiger partial charge in [-0.3, -0.25) is 4.68 Å². The molecular formula is C10H11ClN2S. The van der Waals surface area contributed by atoms with Crippen molar-refractivity contribution < 1.29 is 0 Å². The Labute approximate surface area is 92.1 Å². The summed E-state index contributed by atoms with van der Waals surface area (Å²) in [5, 5.41) is 6.54. The summed E-state index contributed by atoms with van der Waals surface area (Å²) in [6, 6.07) is 6.17. The van der Waals surface area contributed by atoms with Crippen molar-refractivity contribution in [3.63, 3.8) is 0 Å². The minimum absolute atomic E-state index is 0.520. The van der Waals surface area contributed by atoms with Gasteiger partial charge in [0.1, 0.15) is 5.69 Å². The van der Waals surface area contributed by atoms with E-state index in [0.29, 0.717) is 5.88 Å². The van der Waals surface area contributed by atoms with E-state index >= 15 is 0 Å². The standard InChI is InChI=1S/C10H11ClN2S/c1-2-13-8(7-11)6-9(12-13)10-4-3-5-14-10/h3-6H,2,7H2,1H3. The number of aryl methyl sites for hydroxylation is 1. The molecule has 0 N–H and O–H groups in total. The maximum absolute atomic E-state index is 5.83. The Morgan fingerprint density at radius 2 is 2.43 bits per heavy atom. The van der Waals surface area contributed by atoms with Gasteiger partial charge in [-0.1, -0.05) is 6.07 Å². The molecule has 0 fully saturated rings. The van der Waals surface area contributed by atoms with E-state index in [4.69, 9.17) is 11.6 Å². The predicted octanol–water partition coefficient (Wildman–Crippen LogP) is 3.37. The van der Waals surface area contributed by atoms with Crippen molar-refractivity contribution in [2.45, 2.75) is 19.3 Å². The van der Waals surface area contributed by atoms with Gasteiger partial charge in [-0.05, 0) is 24.4 Å². The molecule has 0 atom stereocenters. The third-order valence-corrected chi connectivity index (χ3v) is 3.24. The van der Waals surface area contributed by atoms with E-state index in [1.165, 1.54) is 4.88 Å². The van der Waals surface area contributed by atoms with E-state index in [-0.39, 0.29) is 0 Å². The molecule has 0 aliphatic rings. The van der Waals surface area contributed by atoms with Crippen LogP contribution in [-0.4, -0.2) is 9.78 Å². The molecule has 0 radical (unpaired) electrons. The summed E-state index contributed by atoms with van der Waals surface area (Å²) in [4.78, 5) is 1.20. The summed E-state index contributed by atoms with van der Waals surface area (Å²) in [6.45, 7) is 2.94. The second kappa shape index (κ2) is 4.15. The Kier molecular flexibility index (Phi) is 2.89. The van der Waals surface area contributed by atoms with Crippen LogP contribution in [0.15, 0.2) is 23.6 Å². The Morgan fingerprint density at radius 1 is 1.57 bits per heavy atom. The van der Waals surface area contributed by atoms with Crippen LogP contribution in [0.2, 0.25) is 0 Å². The number of aromatic nitrogens is 2. The summed E-state index contributed by atoms with van der Waals surface area (Å²) in [7, 11) is 0. The summed E-state index contributed by atoms with van der Waals surface area (Å²) < 4.78 is 1.95. The number of alkyl halides is 1. The van der Waals surface area contributed by atoms with Crippen molar-refractivity contribution in [3.05, 3.63) is 29.3 Å². The summed E-state index contributed by atoms with van der Waals surface area (Å²) in [6.07, 6.45) is 0. The van der Waals surface area contributed by atoms with Crippen LogP contribution in [0.1, 0.15) is 12.6 Å². The smallest absolute Gasteiger partial charge is 0.103 e. The fourth-order valence-corrected chi connectivity index (χ4v) is 2.28.